The van der Waals surface area contributed by atoms with Crippen molar-refractivity contribution in [1.82, 2.24) is 9.97 Å². The lowest BCUT2D eigenvalue weighted by atomic mass is 9.98. The van der Waals surface area contributed by atoms with E-state index in [4.69, 9.17) is 11.5 Å². The quantitative estimate of drug-likeness (QED) is 0.621. The van der Waals surface area contributed by atoms with Crippen molar-refractivity contribution in [2.24, 2.45) is 0 Å². The molecule has 0 amide bonds. The molecule has 1 aromatic carbocycles. The van der Waals surface area contributed by atoms with Crippen LogP contribution in [0.3, 0.4) is 0 Å². The molecule has 3 aromatic rings. The number of nitrogens with zero attached hydrogens (tertiary/aromatic N) is 2. The highest BCUT2D eigenvalue weighted by atomic mass is 15.0. The van der Waals surface area contributed by atoms with Crippen molar-refractivity contribution in [2.45, 2.75) is 33.2 Å². The van der Waals surface area contributed by atoms with E-state index in [0.717, 1.165) is 33.3 Å². The van der Waals surface area contributed by atoms with Gasteiger partial charge in [0.05, 0.1) is 11.9 Å². The minimum absolute atomic E-state index is 0.0573. The molecular weight excluding hydrogens is 298 g/mol. The van der Waals surface area contributed by atoms with Crippen molar-refractivity contribution in [3.63, 3.8) is 0 Å². The third-order valence-electron chi connectivity index (χ3n) is 3.94. The van der Waals surface area contributed by atoms with Gasteiger partial charge in [-0.1, -0.05) is 0 Å². The van der Waals surface area contributed by atoms with Gasteiger partial charge in [-0.2, -0.15) is 0 Å². The minimum atomic E-state index is -0.0573. The zero-order chi connectivity index (χ0) is 17.5. The standard InChI is InChI=1S/C19H23N5/c1-11-14(8-22-10-17(11)21)12-5-13-7-18(24-19(2,3)4)23-9-15(13)16(20)6-12/h5-10H,20-21H2,1-4H3,(H,23,24). The predicted octanol–water partition coefficient (Wildman–Crippen LogP) is 3.98. The first kappa shape index (κ1) is 16.1. The van der Waals surface area contributed by atoms with Crippen LogP contribution < -0.4 is 16.8 Å². The van der Waals surface area contributed by atoms with Crippen LogP contribution in [-0.2, 0) is 0 Å². The summed E-state index contributed by atoms with van der Waals surface area (Å²) in [5.41, 5.74) is 16.6. The lowest BCUT2D eigenvalue weighted by molar-refractivity contribution is 0.630. The van der Waals surface area contributed by atoms with Gasteiger partial charge in [-0.05, 0) is 62.4 Å². The van der Waals surface area contributed by atoms with Gasteiger partial charge in [-0.15, -0.1) is 0 Å². The molecule has 0 unspecified atom stereocenters. The fourth-order valence-corrected chi connectivity index (χ4v) is 2.73. The van der Waals surface area contributed by atoms with Crippen LogP contribution >= 0.6 is 0 Å². The zero-order valence-corrected chi connectivity index (χ0v) is 14.5. The summed E-state index contributed by atoms with van der Waals surface area (Å²) in [7, 11) is 0. The van der Waals surface area contributed by atoms with Crippen LogP contribution in [0.25, 0.3) is 21.9 Å². The summed E-state index contributed by atoms with van der Waals surface area (Å²) in [5.74, 6) is 0.828. The first-order chi connectivity index (χ1) is 11.2. The van der Waals surface area contributed by atoms with E-state index in [-0.39, 0.29) is 5.54 Å². The van der Waals surface area contributed by atoms with Gasteiger partial charge < -0.3 is 16.8 Å². The molecule has 0 fully saturated rings. The maximum absolute atomic E-state index is 6.25. The Hall–Kier alpha value is -2.82. The number of benzene rings is 1. The number of nitrogens with one attached hydrogen (secondary N) is 1. The number of hydrogen-bond donors (Lipinski definition) is 3. The monoisotopic (exact) mass is 321 g/mol. The van der Waals surface area contributed by atoms with Crippen LogP contribution in [0.15, 0.2) is 36.8 Å². The van der Waals surface area contributed by atoms with Crippen LogP contribution in [0.4, 0.5) is 17.2 Å². The molecule has 0 atom stereocenters. The molecule has 0 saturated carbocycles. The number of fused-ring (bicyclic) bond motifs is 1. The summed E-state index contributed by atoms with van der Waals surface area (Å²) in [6.45, 7) is 8.30. The van der Waals surface area contributed by atoms with Gasteiger partial charge in [0.15, 0.2) is 0 Å². The van der Waals surface area contributed by atoms with Crippen molar-refractivity contribution < 1.29 is 0 Å². The smallest absolute Gasteiger partial charge is 0.126 e. The minimum Gasteiger partial charge on any atom is -0.398 e. The molecule has 2 aromatic heterocycles. The first-order valence-corrected chi connectivity index (χ1v) is 7.92. The number of anilines is 3. The third kappa shape index (κ3) is 3.11. The number of rotatable bonds is 2. The maximum Gasteiger partial charge on any atom is 0.126 e. The van der Waals surface area contributed by atoms with Gasteiger partial charge in [0.1, 0.15) is 5.82 Å². The van der Waals surface area contributed by atoms with Gasteiger partial charge in [-0.25, -0.2) is 4.98 Å². The summed E-state index contributed by atoms with van der Waals surface area (Å²) in [4.78, 5) is 8.67. The largest absolute Gasteiger partial charge is 0.398 e. The molecule has 0 aliphatic carbocycles. The molecule has 0 bridgehead atoms. The lowest BCUT2D eigenvalue weighted by Crippen LogP contribution is -2.26. The molecule has 0 saturated heterocycles. The van der Waals surface area contributed by atoms with Crippen molar-refractivity contribution >= 4 is 28.0 Å². The maximum atomic E-state index is 6.25. The van der Waals surface area contributed by atoms with Crippen LogP contribution in [0.1, 0.15) is 26.3 Å². The predicted molar refractivity (Wildman–Crippen MR) is 102 cm³/mol. The summed E-state index contributed by atoms with van der Waals surface area (Å²) in [5, 5.41) is 5.36. The summed E-state index contributed by atoms with van der Waals surface area (Å²) < 4.78 is 0. The van der Waals surface area contributed by atoms with Crippen molar-refractivity contribution in [1.29, 1.82) is 0 Å². The van der Waals surface area contributed by atoms with Gasteiger partial charge >= 0.3 is 0 Å². The molecule has 0 spiro atoms. The number of aromatic nitrogens is 2. The van der Waals surface area contributed by atoms with E-state index in [1.165, 1.54) is 0 Å². The second-order valence-electron chi connectivity index (χ2n) is 7.13. The Bertz CT molecular complexity index is 910. The van der Waals surface area contributed by atoms with E-state index in [1.807, 2.05) is 31.5 Å². The molecule has 2 heterocycles. The van der Waals surface area contributed by atoms with Crippen molar-refractivity contribution in [3.8, 4) is 11.1 Å². The second-order valence-corrected chi connectivity index (χ2v) is 7.13. The molecule has 5 N–H and O–H groups in total. The van der Waals surface area contributed by atoms with Crippen molar-refractivity contribution in [2.75, 3.05) is 16.8 Å². The second kappa shape index (κ2) is 5.67. The number of nitrogens with two attached hydrogens (primary N) is 2. The Labute approximate surface area is 142 Å². The number of nitrogen functional groups attached to an aromatic ring is 2. The molecule has 0 radical (unpaired) electrons. The van der Waals surface area contributed by atoms with Crippen LogP contribution in [0, 0.1) is 6.92 Å². The highest BCUT2D eigenvalue weighted by Gasteiger charge is 2.12. The average molecular weight is 321 g/mol. The van der Waals surface area contributed by atoms with Crippen LogP contribution in [0.2, 0.25) is 0 Å². The van der Waals surface area contributed by atoms with E-state index >= 15 is 0 Å². The van der Waals surface area contributed by atoms with E-state index < -0.39 is 0 Å². The first-order valence-electron chi connectivity index (χ1n) is 7.92. The van der Waals surface area contributed by atoms with Gasteiger partial charge in [0, 0.05) is 34.6 Å². The van der Waals surface area contributed by atoms with E-state index in [1.54, 1.807) is 6.20 Å². The fraction of sp³-hybridized carbons (Fsp3) is 0.263. The van der Waals surface area contributed by atoms with Crippen LogP contribution in [-0.4, -0.2) is 15.5 Å². The summed E-state index contributed by atoms with van der Waals surface area (Å²) in [6, 6.07) is 6.07. The highest BCUT2D eigenvalue weighted by molar-refractivity contribution is 5.97. The average Bonchev–Trinajstić information content (AvgIpc) is 2.48. The lowest BCUT2D eigenvalue weighted by Gasteiger charge is -2.21. The van der Waals surface area contributed by atoms with Crippen LogP contribution in [0.5, 0.6) is 0 Å². The fourth-order valence-electron chi connectivity index (χ4n) is 2.73. The Morgan fingerprint density at radius 3 is 2.42 bits per heavy atom. The summed E-state index contributed by atoms with van der Waals surface area (Å²) >= 11 is 0. The zero-order valence-electron chi connectivity index (χ0n) is 14.5. The molecule has 124 valence electrons. The molecule has 0 aliphatic heterocycles. The number of pyridine rings is 2. The molecular formula is C19H23N5. The summed E-state index contributed by atoms with van der Waals surface area (Å²) in [6.07, 6.45) is 5.30. The topological polar surface area (TPSA) is 89.8 Å². The highest BCUT2D eigenvalue weighted by Crippen LogP contribution is 2.33. The van der Waals surface area contributed by atoms with Gasteiger partial charge in [-0.3, -0.25) is 4.98 Å². The van der Waals surface area contributed by atoms with Gasteiger partial charge in [0.2, 0.25) is 0 Å². The van der Waals surface area contributed by atoms with Gasteiger partial charge in [0.25, 0.3) is 0 Å². The molecule has 5 nitrogen and oxygen atoms in total. The van der Waals surface area contributed by atoms with E-state index in [9.17, 15) is 0 Å². The molecule has 24 heavy (non-hydrogen) atoms. The SMILES string of the molecule is Cc1c(N)cncc1-c1cc(N)c2cnc(NC(C)(C)C)cc2c1. The molecule has 0 aliphatic rings. The van der Waals surface area contributed by atoms with E-state index in [0.29, 0.717) is 11.4 Å². The Morgan fingerprint density at radius 1 is 0.958 bits per heavy atom. The normalized spacial score (nSPS) is 11.7. The number of hydrogen-bond acceptors (Lipinski definition) is 5. The van der Waals surface area contributed by atoms with E-state index in [2.05, 4.69) is 42.1 Å². The third-order valence-corrected chi connectivity index (χ3v) is 3.94. The Morgan fingerprint density at radius 2 is 1.71 bits per heavy atom. The Kier molecular flexibility index (Phi) is 3.79. The van der Waals surface area contributed by atoms with Crippen molar-refractivity contribution in [3.05, 3.63) is 42.4 Å². The Balaban J connectivity index is 2.15. The molecule has 3 rings (SSSR count). The molecule has 5 heteroatoms.